The second kappa shape index (κ2) is 3.72. The standard InChI is InChI=1S/C8H13O3/c1-6(9)11-8-4-2-3-7(10)5-8/h3,7-8,10H,2,4-5H2,1H3. The third-order valence-corrected chi connectivity index (χ3v) is 1.76. The minimum absolute atomic E-state index is 0.0764. The minimum Gasteiger partial charge on any atom is -0.462 e. The van der Waals surface area contributed by atoms with Gasteiger partial charge in [0.1, 0.15) is 6.10 Å². The predicted octanol–water partition coefficient (Wildman–Crippen LogP) is 0.667. The second-order valence-corrected chi connectivity index (χ2v) is 2.85. The number of carbonyl (C=O) groups excluding carboxylic acids is 1. The molecule has 1 saturated carbocycles. The quantitative estimate of drug-likeness (QED) is 0.569. The van der Waals surface area contributed by atoms with Crippen LogP contribution in [0.1, 0.15) is 26.2 Å². The third kappa shape index (κ3) is 2.89. The molecule has 63 valence electrons. The molecule has 2 unspecified atom stereocenters. The lowest BCUT2D eigenvalue weighted by Crippen LogP contribution is -2.27. The molecule has 1 N–H and O–H groups in total. The molecule has 3 heteroatoms. The zero-order valence-electron chi connectivity index (χ0n) is 6.62. The van der Waals surface area contributed by atoms with E-state index in [0.29, 0.717) is 6.42 Å². The van der Waals surface area contributed by atoms with Gasteiger partial charge in [0.15, 0.2) is 0 Å². The van der Waals surface area contributed by atoms with Gasteiger partial charge in [-0.1, -0.05) is 0 Å². The summed E-state index contributed by atoms with van der Waals surface area (Å²) in [6.07, 6.45) is 3.61. The Morgan fingerprint density at radius 3 is 3.00 bits per heavy atom. The number of aliphatic hydroxyl groups is 1. The van der Waals surface area contributed by atoms with Gasteiger partial charge >= 0.3 is 5.97 Å². The number of esters is 1. The number of carbonyl (C=O) groups is 1. The van der Waals surface area contributed by atoms with E-state index in [1.54, 1.807) is 0 Å². The molecule has 3 nitrogen and oxygen atoms in total. The van der Waals surface area contributed by atoms with Crippen LogP contribution >= 0.6 is 0 Å². The molecule has 0 spiro atoms. The highest BCUT2D eigenvalue weighted by atomic mass is 16.5. The van der Waals surface area contributed by atoms with E-state index in [2.05, 4.69) is 0 Å². The van der Waals surface area contributed by atoms with E-state index in [1.807, 2.05) is 6.42 Å². The first kappa shape index (κ1) is 8.53. The predicted molar refractivity (Wildman–Crippen MR) is 39.7 cm³/mol. The Kier molecular flexibility index (Phi) is 2.88. The van der Waals surface area contributed by atoms with Gasteiger partial charge in [-0.25, -0.2) is 0 Å². The van der Waals surface area contributed by atoms with Crippen LogP contribution in [0.4, 0.5) is 0 Å². The third-order valence-electron chi connectivity index (χ3n) is 1.76. The van der Waals surface area contributed by atoms with Gasteiger partial charge in [-0.15, -0.1) is 0 Å². The summed E-state index contributed by atoms with van der Waals surface area (Å²) in [5.41, 5.74) is 0. The van der Waals surface area contributed by atoms with Crippen molar-refractivity contribution in [3.63, 3.8) is 0 Å². The van der Waals surface area contributed by atoms with Crippen LogP contribution in [-0.4, -0.2) is 23.3 Å². The summed E-state index contributed by atoms with van der Waals surface area (Å²) >= 11 is 0. The lowest BCUT2D eigenvalue weighted by molar-refractivity contribution is -0.148. The van der Waals surface area contributed by atoms with Crippen LogP contribution in [0, 0.1) is 6.42 Å². The number of ether oxygens (including phenoxy) is 1. The molecule has 0 aromatic carbocycles. The Balaban J connectivity index is 2.28. The fourth-order valence-electron chi connectivity index (χ4n) is 1.30. The maximum atomic E-state index is 10.5. The van der Waals surface area contributed by atoms with Crippen LogP contribution in [-0.2, 0) is 9.53 Å². The van der Waals surface area contributed by atoms with Crippen molar-refractivity contribution in [1.82, 2.24) is 0 Å². The van der Waals surface area contributed by atoms with Crippen LogP contribution in [0.3, 0.4) is 0 Å². The van der Waals surface area contributed by atoms with E-state index in [1.165, 1.54) is 6.92 Å². The first-order valence-electron chi connectivity index (χ1n) is 3.87. The molecule has 1 aliphatic rings. The maximum absolute atomic E-state index is 10.5. The van der Waals surface area contributed by atoms with Crippen molar-refractivity contribution >= 4 is 5.97 Å². The molecule has 0 aromatic rings. The van der Waals surface area contributed by atoms with Crippen molar-refractivity contribution in [3.05, 3.63) is 6.42 Å². The van der Waals surface area contributed by atoms with E-state index in [0.717, 1.165) is 12.8 Å². The Hall–Kier alpha value is -0.570. The van der Waals surface area contributed by atoms with Crippen LogP contribution in [0.15, 0.2) is 0 Å². The molecule has 2 atom stereocenters. The van der Waals surface area contributed by atoms with E-state index >= 15 is 0 Å². The second-order valence-electron chi connectivity index (χ2n) is 2.85. The van der Waals surface area contributed by atoms with Gasteiger partial charge in [0, 0.05) is 13.3 Å². The smallest absolute Gasteiger partial charge is 0.302 e. The minimum atomic E-state index is -0.395. The van der Waals surface area contributed by atoms with Crippen LogP contribution < -0.4 is 0 Å². The molecular formula is C8H13O3. The molecule has 0 aromatic heterocycles. The summed E-state index contributed by atoms with van der Waals surface area (Å²) < 4.78 is 4.94. The number of hydrogen-bond donors (Lipinski definition) is 1. The molecule has 1 fully saturated rings. The Morgan fingerprint density at radius 2 is 2.45 bits per heavy atom. The molecule has 0 amide bonds. The van der Waals surface area contributed by atoms with E-state index < -0.39 is 6.10 Å². The Morgan fingerprint density at radius 1 is 1.73 bits per heavy atom. The Bertz CT molecular complexity index is 144. The van der Waals surface area contributed by atoms with Gasteiger partial charge < -0.3 is 9.84 Å². The summed E-state index contributed by atoms with van der Waals surface area (Å²) in [5.74, 6) is -0.260. The van der Waals surface area contributed by atoms with Crippen molar-refractivity contribution in [2.45, 2.75) is 38.4 Å². The molecular weight excluding hydrogens is 144 g/mol. The SMILES string of the molecule is CC(=O)OC1CC[CH]C(O)C1. The molecule has 11 heavy (non-hydrogen) atoms. The van der Waals surface area contributed by atoms with Crippen LogP contribution in [0.2, 0.25) is 0 Å². The summed E-state index contributed by atoms with van der Waals surface area (Å²) in [6, 6.07) is 0. The van der Waals surface area contributed by atoms with Gasteiger partial charge in [-0.05, 0) is 19.3 Å². The first-order valence-corrected chi connectivity index (χ1v) is 3.87. The number of rotatable bonds is 1. The van der Waals surface area contributed by atoms with E-state index in [4.69, 9.17) is 9.84 Å². The molecule has 0 bridgehead atoms. The Labute approximate surface area is 66.4 Å². The highest BCUT2D eigenvalue weighted by molar-refractivity contribution is 5.66. The molecule has 1 aliphatic carbocycles. The molecule has 1 radical (unpaired) electrons. The normalized spacial score (nSPS) is 31.5. The topological polar surface area (TPSA) is 46.5 Å². The van der Waals surface area contributed by atoms with Gasteiger partial charge in [-0.2, -0.15) is 0 Å². The monoisotopic (exact) mass is 157 g/mol. The van der Waals surface area contributed by atoms with Crippen molar-refractivity contribution in [3.8, 4) is 0 Å². The van der Waals surface area contributed by atoms with Gasteiger partial charge in [0.2, 0.25) is 0 Å². The fraction of sp³-hybridized carbons (Fsp3) is 0.750. The molecule has 0 saturated heterocycles. The van der Waals surface area contributed by atoms with Gasteiger partial charge in [0.25, 0.3) is 0 Å². The lowest BCUT2D eigenvalue weighted by Gasteiger charge is -2.24. The average Bonchev–Trinajstić information content (AvgIpc) is 1.85. The van der Waals surface area contributed by atoms with Crippen LogP contribution in [0.25, 0.3) is 0 Å². The van der Waals surface area contributed by atoms with Crippen molar-refractivity contribution in [1.29, 1.82) is 0 Å². The summed E-state index contributed by atoms with van der Waals surface area (Å²) in [6.45, 7) is 1.39. The van der Waals surface area contributed by atoms with Crippen LogP contribution in [0.5, 0.6) is 0 Å². The zero-order valence-corrected chi connectivity index (χ0v) is 6.62. The zero-order chi connectivity index (χ0) is 8.27. The first-order chi connectivity index (χ1) is 5.18. The maximum Gasteiger partial charge on any atom is 0.302 e. The molecule has 0 aliphatic heterocycles. The van der Waals surface area contributed by atoms with Gasteiger partial charge in [-0.3, -0.25) is 4.79 Å². The summed E-state index contributed by atoms with van der Waals surface area (Å²) in [7, 11) is 0. The van der Waals surface area contributed by atoms with Crippen molar-refractivity contribution in [2.75, 3.05) is 0 Å². The highest BCUT2D eigenvalue weighted by Gasteiger charge is 2.22. The van der Waals surface area contributed by atoms with Crippen molar-refractivity contribution in [2.24, 2.45) is 0 Å². The van der Waals surface area contributed by atoms with E-state index in [9.17, 15) is 4.79 Å². The summed E-state index contributed by atoms with van der Waals surface area (Å²) in [5, 5.41) is 9.15. The molecule has 0 heterocycles. The molecule has 1 rings (SSSR count). The highest BCUT2D eigenvalue weighted by Crippen LogP contribution is 2.19. The number of aliphatic hydroxyl groups excluding tert-OH is 1. The lowest BCUT2D eigenvalue weighted by atomic mass is 9.95. The van der Waals surface area contributed by atoms with E-state index in [-0.39, 0.29) is 12.1 Å². The van der Waals surface area contributed by atoms with Gasteiger partial charge in [0.05, 0.1) is 6.10 Å². The van der Waals surface area contributed by atoms with Crippen molar-refractivity contribution < 1.29 is 14.6 Å². The number of hydrogen-bond acceptors (Lipinski definition) is 3. The average molecular weight is 157 g/mol. The largest absolute Gasteiger partial charge is 0.462 e. The fourth-order valence-corrected chi connectivity index (χ4v) is 1.30. The summed E-state index contributed by atoms with van der Waals surface area (Å²) in [4.78, 5) is 10.5.